The molecule has 0 amide bonds. The van der Waals surface area contributed by atoms with E-state index in [0.717, 1.165) is 16.8 Å². The van der Waals surface area contributed by atoms with Gasteiger partial charge in [-0.15, -0.1) is 0 Å². The molecule has 1 atom stereocenters. The first-order valence-electron chi connectivity index (χ1n) is 5.00. The lowest BCUT2D eigenvalue weighted by atomic mass is 10.2. The van der Waals surface area contributed by atoms with Crippen LogP contribution >= 0.6 is 11.8 Å². The molecule has 0 aromatic heterocycles. The number of thioether (sulfide) groups is 1. The van der Waals surface area contributed by atoms with Crippen LogP contribution in [0.25, 0.3) is 0 Å². The van der Waals surface area contributed by atoms with Gasteiger partial charge in [0.2, 0.25) is 0 Å². The molecule has 0 aliphatic rings. The van der Waals surface area contributed by atoms with Gasteiger partial charge in [-0.2, -0.15) is 11.8 Å². The molecule has 2 heteroatoms. The van der Waals surface area contributed by atoms with Crippen LogP contribution < -0.4 is 4.74 Å². The molecule has 0 fully saturated rings. The molecule has 1 nitrogen and oxygen atoms in total. The van der Waals surface area contributed by atoms with E-state index in [2.05, 4.69) is 26.0 Å². The lowest BCUT2D eigenvalue weighted by Crippen LogP contribution is -1.93. The maximum Gasteiger partial charge on any atom is 0.118 e. The summed E-state index contributed by atoms with van der Waals surface area (Å²) in [5, 5.41) is 0.747. The SMILES string of the molecule is CCC(C)SCc1ccc(OC)cc1. The van der Waals surface area contributed by atoms with E-state index in [1.165, 1.54) is 12.0 Å². The average molecular weight is 210 g/mol. The van der Waals surface area contributed by atoms with Gasteiger partial charge in [0.25, 0.3) is 0 Å². The van der Waals surface area contributed by atoms with Crippen molar-refractivity contribution in [1.29, 1.82) is 0 Å². The van der Waals surface area contributed by atoms with Crippen LogP contribution in [0, 0.1) is 0 Å². The minimum Gasteiger partial charge on any atom is -0.497 e. The quantitative estimate of drug-likeness (QED) is 0.732. The van der Waals surface area contributed by atoms with Crippen molar-refractivity contribution < 1.29 is 4.74 Å². The van der Waals surface area contributed by atoms with Gasteiger partial charge in [0.15, 0.2) is 0 Å². The molecule has 14 heavy (non-hydrogen) atoms. The summed E-state index contributed by atoms with van der Waals surface area (Å²) in [6.07, 6.45) is 1.24. The molecule has 0 bridgehead atoms. The Hall–Kier alpha value is -0.630. The topological polar surface area (TPSA) is 9.23 Å². The molecular weight excluding hydrogens is 192 g/mol. The standard InChI is InChI=1S/C12H18OS/c1-4-10(2)14-9-11-5-7-12(13-3)8-6-11/h5-8,10H,4,9H2,1-3H3. The minimum absolute atomic E-state index is 0.747. The molecule has 0 saturated heterocycles. The molecule has 78 valence electrons. The summed E-state index contributed by atoms with van der Waals surface area (Å²) in [5.74, 6) is 2.03. The first-order valence-corrected chi connectivity index (χ1v) is 6.05. The second-order valence-electron chi connectivity index (χ2n) is 3.38. The van der Waals surface area contributed by atoms with Gasteiger partial charge in [-0.05, 0) is 24.1 Å². The van der Waals surface area contributed by atoms with Gasteiger partial charge < -0.3 is 4.74 Å². The number of hydrogen-bond donors (Lipinski definition) is 0. The Morgan fingerprint density at radius 1 is 1.29 bits per heavy atom. The lowest BCUT2D eigenvalue weighted by Gasteiger charge is -2.08. The van der Waals surface area contributed by atoms with Crippen molar-refractivity contribution in [2.75, 3.05) is 7.11 Å². The van der Waals surface area contributed by atoms with Gasteiger partial charge in [0.05, 0.1) is 7.11 Å². The summed E-state index contributed by atoms with van der Waals surface area (Å²) in [6.45, 7) is 4.50. The van der Waals surface area contributed by atoms with Crippen LogP contribution in [0.2, 0.25) is 0 Å². The summed E-state index contributed by atoms with van der Waals surface area (Å²) < 4.78 is 5.11. The summed E-state index contributed by atoms with van der Waals surface area (Å²) in [5.41, 5.74) is 1.37. The van der Waals surface area contributed by atoms with Crippen molar-refractivity contribution in [2.24, 2.45) is 0 Å². The van der Waals surface area contributed by atoms with Gasteiger partial charge in [0.1, 0.15) is 5.75 Å². The molecular formula is C12H18OS. The van der Waals surface area contributed by atoms with Gasteiger partial charge in [-0.25, -0.2) is 0 Å². The number of hydrogen-bond acceptors (Lipinski definition) is 2. The van der Waals surface area contributed by atoms with E-state index in [9.17, 15) is 0 Å². The maximum atomic E-state index is 5.11. The lowest BCUT2D eigenvalue weighted by molar-refractivity contribution is 0.414. The Kier molecular flexibility index (Phi) is 4.88. The van der Waals surface area contributed by atoms with E-state index in [4.69, 9.17) is 4.74 Å². The zero-order chi connectivity index (χ0) is 10.4. The van der Waals surface area contributed by atoms with Crippen LogP contribution in [0.15, 0.2) is 24.3 Å². The van der Waals surface area contributed by atoms with Crippen molar-refractivity contribution in [3.63, 3.8) is 0 Å². The monoisotopic (exact) mass is 210 g/mol. The van der Waals surface area contributed by atoms with Crippen LogP contribution in [-0.2, 0) is 5.75 Å². The number of ether oxygens (including phenoxy) is 1. The molecule has 1 unspecified atom stereocenters. The second-order valence-corrected chi connectivity index (χ2v) is 4.80. The average Bonchev–Trinajstić information content (AvgIpc) is 2.26. The van der Waals surface area contributed by atoms with E-state index >= 15 is 0 Å². The van der Waals surface area contributed by atoms with Crippen LogP contribution in [0.1, 0.15) is 25.8 Å². The predicted octanol–water partition coefficient (Wildman–Crippen LogP) is 3.73. The molecule has 0 saturated carbocycles. The van der Waals surface area contributed by atoms with Gasteiger partial charge in [-0.1, -0.05) is 26.0 Å². The summed E-state index contributed by atoms with van der Waals surface area (Å²) in [7, 11) is 1.70. The molecule has 0 aliphatic carbocycles. The summed E-state index contributed by atoms with van der Waals surface area (Å²) in [6, 6.07) is 8.31. The highest BCUT2D eigenvalue weighted by Crippen LogP contribution is 2.21. The largest absolute Gasteiger partial charge is 0.497 e. The van der Waals surface area contributed by atoms with Gasteiger partial charge in [0, 0.05) is 11.0 Å². The molecule has 1 rings (SSSR count). The van der Waals surface area contributed by atoms with Crippen molar-refractivity contribution >= 4 is 11.8 Å². The molecule has 1 aromatic rings. The van der Waals surface area contributed by atoms with E-state index < -0.39 is 0 Å². The molecule has 1 aromatic carbocycles. The third-order valence-electron chi connectivity index (χ3n) is 2.27. The Labute approximate surface area is 90.9 Å². The van der Waals surface area contributed by atoms with E-state index in [1.807, 2.05) is 23.9 Å². The highest BCUT2D eigenvalue weighted by molar-refractivity contribution is 7.99. The van der Waals surface area contributed by atoms with Gasteiger partial charge in [-0.3, -0.25) is 0 Å². The minimum atomic E-state index is 0.747. The maximum absolute atomic E-state index is 5.11. The van der Waals surface area contributed by atoms with Crippen molar-refractivity contribution in [1.82, 2.24) is 0 Å². The van der Waals surface area contributed by atoms with Gasteiger partial charge >= 0.3 is 0 Å². The van der Waals surface area contributed by atoms with Crippen molar-refractivity contribution in [3.8, 4) is 5.75 Å². The highest BCUT2D eigenvalue weighted by Gasteiger charge is 2.00. The molecule has 0 heterocycles. The second kappa shape index (κ2) is 5.97. The van der Waals surface area contributed by atoms with E-state index in [0.29, 0.717) is 0 Å². The highest BCUT2D eigenvalue weighted by atomic mass is 32.2. The van der Waals surface area contributed by atoms with E-state index in [1.54, 1.807) is 7.11 Å². The van der Waals surface area contributed by atoms with E-state index in [-0.39, 0.29) is 0 Å². The van der Waals surface area contributed by atoms with Crippen LogP contribution in [0.3, 0.4) is 0 Å². The van der Waals surface area contributed by atoms with Crippen LogP contribution in [-0.4, -0.2) is 12.4 Å². The Bertz CT molecular complexity index is 256. The number of methoxy groups -OCH3 is 1. The Morgan fingerprint density at radius 2 is 1.93 bits per heavy atom. The first kappa shape index (κ1) is 11.4. The predicted molar refractivity (Wildman–Crippen MR) is 64.0 cm³/mol. The zero-order valence-corrected chi connectivity index (χ0v) is 9.93. The first-order chi connectivity index (χ1) is 6.76. The Morgan fingerprint density at radius 3 is 2.43 bits per heavy atom. The normalized spacial score (nSPS) is 12.5. The van der Waals surface area contributed by atoms with Crippen LogP contribution in [0.5, 0.6) is 5.75 Å². The fourth-order valence-electron chi connectivity index (χ4n) is 1.08. The Balaban J connectivity index is 2.43. The van der Waals surface area contributed by atoms with Crippen LogP contribution in [0.4, 0.5) is 0 Å². The van der Waals surface area contributed by atoms with Crippen molar-refractivity contribution in [3.05, 3.63) is 29.8 Å². The molecule has 0 radical (unpaired) electrons. The summed E-state index contributed by atoms with van der Waals surface area (Å²) >= 11 is 2.00. The zero-order valence-electron chi connectivity index (χ0n) is 9.12. The fraction of sp³-hybridized carbons (Fsp3) is 0.500. The summed E-state index contributed by atoms with van der Waals surface area (Å²) in [4.78, 5) is 0. The molecule has 0 aliphatic heterocycles. The third-order valence-corrected chi connectivity index (χ3v) is 3.67. The molecule has 0 spiro atoms. The smallest absolute Gasteiger partial charge is 0.118 e. The number of benzene rings is 1. The van der Waals surface area contributed by atoms with Crippen molar-refractivity contribution in [2.45, 2.75) is 31.3 Å². The fourth-order valence-corrected chi connectivity index (χ4v) is 1.98. The third kappa shape index (κ3) is 3.62. The molecule has 0 N–H and O–H groups in total. The number of rotatable bonds is 5.